The number of aliphatic imine (C=N–C) groups is 1. The smallest absolute Gasteiger partial charge is 0.354 e. The molecule has 0 saturated heterocycles. The predicted octanol–water partition coefficient (Wildman–Crippen LogP) is 5.87. The summed E-state index contributed by atoms with van der Waals surface area (Å²) >= 11 is 6.18. The largest absolute Gasteiger partial charge is 0.385 e. The Bertz CT molecular complexity index is 1530. The number of hydrogen-bond donors (Lipinski definition) is 4. The third-order valence-corrected chi connectivity index (χ3v) is 6.59. The summed E-state index contributed by atoms with van der Waals surface area (Å²) in [5.74, 6) is -0.508. The van der Waals surface area contributed by atoms with Crippen molar-refractivity contribution in [2.24, 2.45) is 16.5 Å². The summed E-state index contributed by atoms with van der Waals surface area (Å²) in [6, 6.07) is 12.7. The maximum atomic E-state index is 15.0. The van der Waals surface area contributed by atoms with Crippen molar-refractivity contribution >= 4 is 28.5 Å². The zero-order valence-electron chi connectivity index (χ0n) is 24.3. The van der Waals surface area contributed by atoms with Crippen molar-refractivity contribution in [3.63, 3.8) is 0 Å². The van der Waals surface area contributed by atoms with Gasteiger partial charge in [0, 0.05) is 30.2 Å². The first-order valence-electron chi connectivity index (χ1n) is 13.8. The van der Waals surface area contributed by atoms with Gasteiger partial charge in [0.2, 0.25) is 0 Å². The number of fused-ring (bicyclic) bond motifs is 1. The van der Waals surface area contributed by atoms with Gasteiger partial charge in [0.15, 0.2) is 5.82 Å². The van der Waals surface area contributed by atoms with Gasteiger partial charge in [-0.3, -0.25) is 9.56 Å². The minimum Gasteiger partial charge on any atom is -0.385 e. The summed E-state index contributed by atoms with van der Waals surface area (Å²) in [7, 11) is 0. The number of alkyl halides is 1. The second-order valence-corrected chi connectivity index (χ2v) is 9.68. The number of H-pyrrole nitrogens is 1. The molecule has 4 aromatic rings. The summed E-state index contributed by atoms with van der Waals surface area (Å²) in [4.78, 5) is 24.0. The van der Waals surface area contributed by atoms with Crippen LogP contribution in [0.15, 0.2) is 84.8 Å². The van der Waals surface area contributed by atoms with E-state index in [-0.39, 0.29) is 10.9 Å². The highest BCUT2D eigenvalue weighted by atomic mass is 35.5. The normalized spacial score (nSPS) is 11.0. The van der Waals surface area contributed by atoms with Crippen LogP contribution in [0.25, 0.3) is 28.0 Å². The van der Waals surface area contributed by atoms with Gasteiger partial charge in [0.05, 0.1) is 16.4 Å². The summed E-state index contributed by atoms with van der Waals surface area (Å²) in [5, 5.41) is 4.01. The molecular weight excluding hydrogens is 572 g/mol. The number of amidine groups is 1. The molecule has 0 aliphatic heterocycles. The van der Waals surface area contributed by atoms with Crippen molar-refractivity contribution in [2.45, 2.75) is 32.2 Å². The molecule has 0 aliphatic carbocycles. The summed E-state index contributed by atoms with van der Waals surface area (Å²) < 4.78 is 28.7. The van der Waals surface area contributed by atoms with Crippen LogP contribution >= 0.6 is 11.6 Å². The fraction of sp³-hybridized carbons (Fsp3) is 0.281. The first-order valence-corrected chi connectivity index (χ1v) is 14.2. The molecule has 6 N–H and O–H groups in total. The Balaban J connectivity index is 0.00000155. The molecule has 2 heterocycles. The maximum absolute atomic E-state index is 15.0. The van der Waals surface area contributed by atoms with Crippen LogP contribution in [0, 0.1) is 5.82 Å². The zero-order valence-corrected chi connectivity index (χ0v) is 25.1. The van der Waals surface area contributed by atoms with E-state index in [0.717, 1.165) is 36.8 Å². The summed E-state index contributed by atoms with van der Waals surface area (Å²) in [5.41, 5.74) is 14.3. The fourth-order valence-corrected chi connectivity index (χ4v) is 4.50. The average molecular weight is 612 g/mol. The second-order valence-electron chi connectivity index (χ2n) is 9.27. The highest BCUT2D eigenvalue weighted by Crippen LogP contribution is 2.31. The van der Waals surface area contributed by atoms with Gasteiger partial charge in [-0.25, -0.2) is 13.6 Å². The Labute approximate surface area is 256 Å². The molecule has 43 heavy (non-hydrogen) atoms. The van der Waals surface area contributed by atoms with Crippen LogP contribution in [-0.4, -0.2) is 46.7 Å². The van der Waals surface area contributed by atoms with Gasteiger partial charge in [-0.1, -0.05) is 23.7 Å². The van der Waals surface area contributed by atoms with Gasteiger partial charge < -0.3 is 21.8 Å². The van der Waals surface area contributed by atoms with Gasteiger partial charge in [0.1, 0.15) is 18.2 Å². The summed E-state index contributed by atoms with van der Waals surface area (Å²) in [6.45, 7) is 13.7. The Morgan fingerprint density at radius 1 is 1.07 bits per heavy atom. The van der Waals surface area contributed by atoms with Crippen molar-refractivity contribution in [1.82, 2.24) is 19.9 Å². The molecule has 0 radical (unpaired) electrons. The fourth-order valence-electron chi connectivity index (χ4n) is 4.26. The van der Waals surface area contributed by atoms with Crippen molar-refractivity contribution in [3.8, 4) is 16.9 Å². The van der Waals surface area contributed by atoms with Crippen molar-refractivity contribution in [1.29, 1.82) is 0 Å². The molecule has 4 rings (SSSR count). The second kappa shape index (κ2) is 18.4. The minimum atomic E-state index is -0.728. The number of nitrogens with two attached hydrogens (primary N) is 2. The van der Waals surface area contributed by atoms with Gasteiger partial charge in [-0.15, -0.1) is 26.3 Å². The number of nitrogens with one attached hydrogen (secondary N) is 2. The van der Waals surface area contributed by atoms with E-state index in [2.05, 4.69) is 46.6 Å². The summed E-state index contributed by atoms with van der Waals surface area (Å²) in [6.07, 6.45) is 4.92. The van der Waals surface area contributed by atoms with Gasteiger partial charge in [0.25, 0.3) is 0 Å². The number of halogens is 3. The number of rotatable bonds is 13. The van der Waals surface area contributed by atoms with Gasteiger partial charge in [-0.2, -0.15) is 4.98 Å². The molecule has 8 nitrogen and oxygen atoms in total. The van der Waals surface area contributed by atoms with E-state index >= 15 is 0 Å². The minimum absolute atomic E-state index is 0.0178. The highest BCUT2D eigenvalue weighted by Gasteiger charge is 2.15. The predicted molar refractivity (Wildman–Crippen MR) is 175 cm³/mol. The monoisotopic (exact) mass is 611 g/mol. The van der Waals surface area contributed by atoms with E-state index in [1.165, 1.54) is 4.57 Å². The molecule has 0 spiro atoms. The lowest BCUT2D eigenvalue weighted by Gasteiger charge is -2.08. The Morgan fingerprint density at radius 3 is 2.47 bits per heavy atom. The van der Waals surface area contributed by atoms with Gasteiger partial charge >= 0.3 is 5.69 Å². The van der Waals surface area contributed by atoms with Gasteiger partial charge in [-0.05, 0) is 80.2 Å². The third kappa shape index (κ3) is 9.99. The molecule has 0 bridgehead atoms. The molecule has 0 amide bonds. The zero-order chi connectivity index (χ0) is 31.8. The van der Waals surface area contributed by atoms with Crippen LogP contribution in [-0.2, 0) is 13.0 Å². The quantitative estimate of drug-likeness (QED) is 0.0651. The first kappa shape index (κ1) is 35.1. The number of aromatic nitrogens is 3. The van der Waals surface area contributed by atoms with Crippen molar-refractivity contribution in [3.05, 3.63) is 107 Å². The average Bonchev–Trinajstić information content (AvgIpc) is 3.45. The highest BCUT2D eigenvalue weighted by molar-refractivity contribution is 6.31. The van der Waals surface area contributed by atoms with Crippen LogP contribution in [0.2, 0.25) is 5.02 Å². The Morgan fingerprint density at radius 2 is 1.79 bits per heavy atom. The van der Waals surface area contributed by atoms with E-state index < -0.39 is 18.2 Å². The SMILES string of the molecule is C=C.C=C.NCCCCc1cc(Cl)c(F)c(-c2cc3cn(-c4ccc(CNCCCN=C(N)CF)cc4)c(=O)nc3[nH]2)c1. The molecule has 11 heteroatoms. The van der Waals surface area contributed by atoms with Crippen LogP contribution in [0.4, 0.5) is 8.78 Å². The van der Waals surface area contributed by atoms with Crippen molar-refractivity contribution < 1.29 is 8.78 Å². The number of benzene rings is 2. The third-order valence-electron chi connectivity index (χ3n) is 6.31. The Hall–Kier alpha value is -4.12. The standard InChI is InChI=1S/C28H32ClF2N7O.2C2H4/c29-23-13-19(4-1-2-9-32)12-22(26(23)31)24-14-20-17-38(28(39)37-27(20)36-24)21-7-5-18(6-8-21)16-34-10-3-11-35-25(33)15-30;2*1-2/h5-8,12-14,17,34H,1-4,9-11,15-16,32H2,(H2,33,35)(H,36,37,39);2*1-2H2. The molecule has 0 unspecified atom stereocenters. The molecule has 0 fully saturated rings. The number of hydrogen-bond acceptors (Lipinski definition) is 5. The molecule has 0 saturated carbocycles. The number of aryl methyl sites for hydroxylation is 1. The molecule has 2 aromatic carbocycles. The van der Waals surface area contributed by atoms with E-state index in [4.69, 9.17) is 23.1 Å². The van der Waals surface area contributed by atoms with E-state index in [9.17, 15) is 13.6 Å². The molecule has 0 atom stereocenters. The van der Waals surface area contributed by atoms with E-state index in [1.807, 2.05) is 24.3 Å². The maximum Gasteiger partial charge on any atom is 0.354 e. The van der Waals surface area contributed by atoms with Crippen LogP contribution in [0.3, 0.4) is 0 Å². The lowest BCUT2D eigenvalue weighted by atomic mass is 10.0. The molecule has 0 aliphatic rings. The first-order chi connectivity index (χ1) is 20.9. The van der Waals surface area contributed by atoms with Crippen molar-refractivity contribution in [2.75, 3.05) is 26.3 Å². The van der Waals surface area contributed by atoms with E-state index in [1.54, 1.807) is 24.4 Å². The number of nitrogens with zero attached hydrogens (tertiary/aromatic N) is 3. The lowest BCUT2D eigenvalue weighted by Crippen LogP contribution is -2.20. The molecule has 230 valence electrons. The molecular formula is C32H40ClF2N7O. The van der Waals surface area contributed by atoms with E-state index in [0.29, 0.717) is 54.2 Å². The topological polar surface area (TPSA) is 127 Å². The molecule has 2 aromatic heterocycles. The lowest BCUT2D eigenvalue weighted by molar-refractivity contribution is 0.576. The van der Waals surface area contributed by atoms with Crippen LogP contribution in [0.1, 0.15) is 30.4 Å². The Kier molecular flexibility index (Phi) is 15.0. The van der Waals surface area contributed by atoms with Crippen LogP contribution < -0.4 is 22.5 Å². The van der Waals surface area contributed by atoms with Crippen LogP contribution in [0.5, 0.6) is 0 Å². The number of aromatic amines is 1. The number of unbranched alkanes of at least 4 members (excludes halogenated alkanes) is 1.